The van der Waals surface area contributed by atoms with Crippen molar-refractivity contribution in [3.63, 3.8) is 0 Å². The molecule has 35 heavy (non-hydrogen) atoms. The molecule has 8 heteroatoms. The zero-order valence-corrected chi connectivity index (χ0v) is 23.8. The molecule has 180 valence electrons. The number of benzene rings is 3. The van der Waals surface area contributed by atoms with Crippen molar-refractivity contribution >= 4 is 57.2 Å². The van der Waals surface area contributed by atoms with Gasteiger partial charge in [0.1, 0.15) is 35.5 Å². The molecule has 0 aliphatic heterocycles. The number of ether oxygens (including phenoxy) is 3. The Bertz CT molecular complexity index is 1260. The monoisotopic (exact) mass is 694 g/mol. The van der Waals surface area contributed by atoms with E-state index in [1.165, 1.54) is 5.56 Å². The fourth-order valence-electron chi connectivity index (χ4n) is 3.22. The van der Waals surface area contributed by atoms with Crippen molar-refractivity contribution in [3.05, 3.63) is 89.6 Å². The van der Waals surface area contributed by atoms with Gasteiger partial charge in [0.15, 0.2) is 0 Å². The first-order chi connectivity index (χ1) is 16.8. The van der Waals surface area contributed by atoms with E-state index in [1.807, 2.05) is 36.4 Å². The molecule has 0 aromatic heterocycles. The summed E-state index contributed by atoms with van der Waals surface area (Å²) in [4.78, 5) is 12.7. The van der Waals surface area contributed by atoms with Crippen LogP contribution in [0.4, 0.5) is 0 Å². The number of carbonyl (C=O) groups excluding carboxylic acids is 1. The molecule has 0 unspecified atom stereocenters. The Morgan fingerprint density at radius 1 is 1.03 bits per heavy atom. The minimum Gasteiger partial charge on any atom is -0.497 e. The number of hydrogen-bond donors (Lipinski definition) is 1. The zero-order valence-electron chi connectivity index (χ0n) is 19.5. The molecule has 1 N–H and O–H groups in total. The van der Waals surface area contributed by atoms with Crippen LogP contribution in [0.3, 0.4) is 0 Å². The van der Waals surface area contributed by atoms with Crippen LogP contribution in [-0.2, 0) is 17.9 Å². The van der Waals surface area contributed by atoms with Gasteiger partial charge in [-0.2, -0.15) is 5.26 Å². The third kappa shape index (κ3) is 7.35. The van der Waals surface area contributed by atoms with Gasteiger partial charge in [0.05, 0.1) is 21.4 Å². The smallest absolute Gasteiger partial charge is 0.262 e. The van der Waals surface area contributed by atoms with E-state index in [1.54, 1.807) is 32.4 Å². The van der Waals surface area contributed by atoms with Crippen LogP contribution in [0.15, 0.2) is 60.2 Å². The number of rotatable bonds is 9. The summed E-state index contributed by atoms with van der Waals surface area (Å²) in [6.45, 7) is 2.72. The molecular weight excluding hydrogens is 670 g/mol. The molecule has 0 spiro atoms. The highest BCUT2D eigenvalue weighted by Gasteiger charge is 2.14. The van der Waals surface area contributed by atoms with Gasteiger partial charge in [-0.3, -0.25) is 4.79 Å². The molecule has 0 radical (unpaired) electrons. The Labute approximate surface area is 232 Å². The van der Waals surface area contributed by atoms with Gasteiger partial charge in [-0.05, 0) is 93.6 Å². The molecule has 0 atom stereocenters. The molecule has 0 aliphatic carbocycles. The van der Waals surface area contributed by atoms with Gasteiger partial charge in [-0.15, -0.1) is 0 Å². The lowest BCUT2D eigenvalue weighted by atomic mass is 10.1. The number of halogens is 2. The highest BCUT2D eigenvalue weighted by molar-refractivity contribution is 14.1. The average molecular weight is 694 g/mol. The lowest BCUT2D eigenvalue weighted by Gasteiger charge is -2.12. The first-order valence-electron chi connectivity index (χ1n) is 10.6. The van der Waals surface area contributed by atoms with E-state index in [0.717, 1.165) is 29.6 Å². The van der Waals surface area contributed by atoms with Crippen LogP contribution in [0, 0.1) is 25.4 Å². The highest BCUT2D eigenvalue weighted by Crippen LogP contribution is 2.31. The number of nitrogens with one attached hydrogen (secondary N) is 1. The van der Waals surface area contributed by atoms with Crippen LogP contribution in [0.5, 0.6) is 17.2 Å². The lowest BCUT2D eigenvalue weighted by molar-refractivity contribution is -0.117. The maximum Gasteiger partial charge on any atom is 0.262 e. The van der Waals surface area contributed by atoms with Crippen molar-refractivity contribution in [2.75, 3.05) is 14.2 Å². The molecule has 0 aliphatic rings. The predicted octanol–water partition coefficient (Wildman–Crippen LogP) is 6.02. The Balaban J connectivity index is 1.71. The van der Waals surface area contributed by atoms with Gasteiger partial charge < -0.3 is 19.5 Å². The number of methoxy groups -OCH3 is 2. The SMILES string of the molecule is COc1ccc(CNC(=O)/C(C#N)=C/c2cc(I)c(OCc3ccc(C)cc3)c(I)c2)c(OC)c1. The maximum atomic E-state index is 12.7. The van der Waals surface area contributed by atoms with Crippen molar-refractivity contribution in [3.8, 4) is 23.3 Å². The number of aryl methyl sites for hydroxylation is 1. The van der Waals surface area contributed by atoms with E-state index in [4.69, 9.17) is 14.2 Å². The van der Waals surface area contributed by atoms with E-state index in [2.05, 4.69) is 69.6 Å². The zero-order chi connectivity index (χ0) is 25.4. The molecule has 3 rings (SSSR count). The van der Waals surface area contributed by atoms with E-state index in [-0.39, 0.29) is 12.1 Å². The molecule has 3 aromatic carbocycles. The Hall–Kier alpha value is -2.78. The summed E-state index contributed by atoms with van der Waals surface area (Å²) >= 11 is 4.41. The summed E-state index contributed by atoms with van der Waals surface area (Å²) in [6, 6.07) is 19.3. The topological polar surface area (TPSA) is 80.6 Å². The fourth-order valence-corrected chi connectivity index (χ4v) is 5.35. The summed E-state index contributed by atoms with van der Waals surface area (Å²) in [6.07, 6.45) is 1.58. The minimum atomic E-state index is -0.463. The summed E-state index contributed by atoms with van der Waals surface area (Å²) in [5, 5.41) is 12.4. The quantitative estimate of drug-likeness (QED) is 0.168. The Kier molecular flexibility index (Phi) is 9.80. The van der Waals surface area contributed by atoms with E-state index >= 15 is 0 Å². The number of amides is 1. The normalized spacial score (nSPS) is 10.9. The fraction of sp³-hybridized carbons (Fsp3) is 0.185. The van der Waals surface area contributed by atoms with E-state index < -0.39 is 5.91 Å². The molecule has 0 bridgehead atoms. The largest absolute Gasteiger partial charge is 0.497 e. The summed E-state index contributed by atoms with van der Waals surface area (Å²) < 4.78 is 18.4. The molecule has 0 saturated carbocycles. The summed E-state index contributed by atoms with van der Waals surface area (Å²) in [5.74, 6) is 1.57. The molecule has 1 amide bonds. The second-order valence-electron chi connectivity index (χ2n) is 7.62. The first-order valence-corrected chi connectivity index (χ1v) is 12.8. The van der Waals surface area contributed by atoms with Gasteiger partial charge in [0, 0.05) is 18.2 Å². The second kappa shape index (κ2) is 12.8. The standard InChI is InChI=1S/C27H24I2N2O4/c1-17-4-6-18(7-5-17)16-35-26-23(28)11-19(12-24(26)29)10-21(14-30)27(32)31-15-20-8-9-22(33-2)13-25(20)34-3/h4-13H,15-16H2,1-3H3,(H,31,32)/b21-10+. The number of nitriles is 1. The number of carbonyl (C=O) groups is 1. The summed E-state index contributed by atoms with van der Waals surface area (Å²) in [7, 11) is 3.13. The molecule has 3 aromatic rings. The van der Waals surface area contributed by atoms with Crippen molar-refractivity contribution in [2.45, 2.75) is 20.1 Å². The van der Waals surface area contributed by atoms with Gasteiger partial charge >= 0.3 is 0 Å². The average Bonchev–Trinajstić information content (AvgIpc) is 2.86. The van der Waals surface area contributed by atoms with Gasteiger partial charge in [0.25, 0.3) is 5.91 Å². The second-order valence-corrected chi connectivity index (χ2v) is 9.94. The summed E-state index contributed by atoms with van der Waals surface area (Å²) in [5.41, 5.74) is 3.82. The molecule has 0 fully saturated rings. The Morgan fingerprint density at radius 3 is 2.31 bits per heavy atom. The van der Waals surface area contributed by atoms with Crippen LogP contribution in [0.1, 0.15) is 22.3 Å². The van der Waals surface area contributed by atoms with Gasteiger partial charge in [0.2, 0.25) is 0 Å². The number of nitrogens with zero attached hydrogens (tertiary/aromatic N) is 1. The minimum absolute atomic E-state index is 0.0115. The van der Waals surface area contributed by atoms with Crippen LogP contribution in [0.2, 0.25) is 0 Å². The van der Waals surface area contributed by atoms with Gasteiger partial charge in [-0.25, -0.2) is 0 Å². The highest BCUT2D eigenvalue weighted by atomic mass is 127. The third-order valence-electron chi connectivity index (χ3n) is 5.13. The van der Waals surface area contributed by atoms with Crippen molar-refractivity contribution in [1.82, 2.24) is 5.32 Å². The van der Waals surface area contributed by atoms with E-state index in [9.17, 15) is 10.1 Å². The van der Waals surface area contributed by atoms with Crippen LogP contribution in [-0.4, -0.2) is 20.1 Å². The van der Waals surface area contributed by atoms with Crippen LogP contribution >= 0.6 is 45.2 Å². The Morgan fingerprint density at radius 2 is 1.71 bits per heavy atom. The molecule has 6 nitrogen and oxygen atoms in total. The molecule has 0 saturated heterocycles. The van der Waals surface area contributed by atoms with Crippen LogP contribution in [0.25, 0.3) is 6.08 Å². The number of hydrogen-bond acceptors (Lipinski definition) is 5. The van der Waals surface area contributed by atoms with Crippen molar-refractivity contribution < 1.29 is 19.0 Å². The molecule has 0 heterocycles. The van der Waals surface area contributed by atoms with Crippen molar-refractivity contribution in [1.29, 1.82) is 5.26 Å². The van der Waals surface area contributed by atoms with Crippen molar-refractivity contribution in [2.24, 2.45) is 0 Å². The van der Waals surface area contributed by atoms with Crippen LogP contribution < -0.4 is 19.5 Å². The maximum absolute atomic E-state index is 12.7. The molecular formula is C27H24I2N2O4. The first kappa shape index (κ1) is 26.8. The third-order valence-corrected chi connectivity index (χ3v) is 6.74. The lowest BCUT2D eigenvalue weighted by Crippen LogP contribution is -2.24. The predicted molar refractivity (Wildman–Crippen MR) is 152 cm³/mol. The van der Waals surface area contributed by atoms with Gasteiger partial charge in [-0.1, -0.05) is 29.8 Å². The van der Waals surface area contributed by atoms with E-state index in [0.29, 0.717) is 18.1 Å².